The highest BCUT2D eigenvalue weighted by molar-refractivity contribution is 8.00. The van der Waals surface area contributed by atoms with Gasteiger partial charge in [0.1, 0.15) is 11.4 Å². The van der Waals surface area contributed by atoms with Crippen molar-refractivity contribution >= 4 is 56.8 Å². The number of carbonyl (C=O) groups excluding carboxylic acids is 1. The van der Waals surface area contributed by atoms with Gasteiger partial charge in [0.25, 0.3) is 11.5 Å². The summed E-state index contributed by atoms with van der Waals surface area (Å²) in [5.74, 6) is 0.518. The van der Waals surface area contributed by atoms with Crippen LogP contribution >= 0.6 is 34.7 Å². The summed E-state index contributed by atoms with van der Waals surface area (Å²) in [5.41, 5.74) is 1.58. The fourth-order valence-electron chi connectivity index (χ4n) is 2.45. The van der Waals surface area contributed by atoms with Gasteiger partial charge in [0.2, 0.25) is 5.13 Å². The summed E-state index contributed by atoms with van der Waals surface area (Å²) in [4.78, 5) is 31.4. The monoisotopic (exact) mass is 459 g/mol. The lowest BCUT2D eigenvalue weighted by Gasteiger charge is -2.05. The second-order valence-electron chi connectivity index (χ2n) is 5.98. The van der Waals surface area contributed by atoms with Gasteiger partial charge in [0.15, 0.2) is 10.9 Å². The van der Waals surface area contributed by atoms with Crippen molar-refractivity contribution in [2.45, 2.75) is 10.1 Å². The van der Waals surface area contributed by atoms with Crippen LogP contribution in [0.2, 0.25) is 5.02 Å². The van der Waals surface area contributed by atoms with Gasteiger partial charge >= 0.3 is 0 Å². The van der Waals surface area contributed by atoms with E-state index in [-0.39, 0.29) is 18.1 Å². The molecule has 4 aromatic rings. The average Bonchev–Trinajstić information content (AvgIpc) is 3.19. The summed E-state index contributed by atoms with van der Waals surface area (Å²) in [7, 11) is 0. The summed E-state index contributed by atoms with van der Waals surface area (Å²) in [6, 6.07) is 14.1. The molecule has 0 unspecified atom stereocenters. The lowest BCUT2D eigenvalue weighted by Crippen LogP contribution is -2.20. The Morgan fingerprint density at radius 3 is 2.80 bits per heavy atom. The van der Waals surface area contributed by atoms with Crippen molar-refractivity contribution in [3.05, 3.63) is 69.6 Å². The number of anilines is 1. The molecule has 0 fully saturated rings. The molecule has 0 saturated carbocycles. The Hall–Kier alpha value is -2.95. The lowest BCUT2D eigenvalue weighted by atomic mass is 10.3. The molecule has 2 heterocycles. The number of amides is 1. The molecule has 2 N–H and O–H groups in total. The molecule has 4 rings (SSSR count). The molecule has 0 saturated heterocycles. The van der Waals surface area contributed by atoms with E-state index in [4.69, 9.17) is 16.3 Å². The third-order valence-corrected chi connectivity index (χ3v) is 6.07. The molecule has 0 aliphatic heterocycles. The molecular weight excluding hydrogens is 446 g/mol. The van der Waals surface area contributed by atoms with Crippen molar-refractivity contribution in [1.29, 1.82) is 0 Å². The molecule has 8 nitrogen and oxygen atoms in total. The minimum absolute atomic E-state index is 0.167. The first-order valence-electron chi connectivity index (χ1n) is 8.69. The van der Waals surface area contributed by atoms with Crippen LogP contribution in [-0.2, 0) is 10.5 Å². The molecule has 2 aromatic carbocycles. The number of ether oxygens (including phenoxy) is 1. The summed E-state index contributed by atoms with van der Waals surface area (Å²) in [6.07, 6.45) is 0. The number of para-hydroxylation sites is 2. The molecule has 1 amide bonds. The van der Waals surface area contributed by atoms with Crippen molar-refractivity contribution in [2.24, 2.45) is 0 Å². The first kappa shape index (κ1) is 20.3. The summed E-state index contributed by atoms with van der Waals surface area (Å²) >= 11 is 8.34. The molecule has 0 atom stereocenters. The Bertz CT molecular complexity index is 1240. The maximum Gasteiger partial charge on any atom is 0.271 e. The number of carbonyl (C=O) groups is 1. The van der Waals surface area contributed by atoms with Gasteiger partial charge in [-0.2, -0.15) is 0 Å². The predicted octanol–water partition coefficient (Wildman–Crippen LogP) is 3.74. The van der Waals surface area contributed by atoms with Crippen LogP contribution in [0.4, 0.5) is 5.13 Å². The van der Waals surface area contributed by atoms with E-state index in [2.05, 4.69) is 25.5 Å². The van der Waals surface area contributed by atoms with Gasteiger partial charge < -0.3 is 9.72 Å². The molecule has 0 bridgehead atoms. The average molecular weight is 460 g/mol. The number of aromatic amines is 1. The lowest BCUT2D eigenvalue weighted by molar-refractivity contribution is -0.118. The molecular formula is C19H14ClN5O3S2. The highest BCUT2D eigenvalue weighted by Crippen LogP contribution is 2.27. The van der Waals surface area contributed by atoms with Gasteiger partial charge in [0, 0.05) is 10.8 Å². The SMILES string of the molecule is O=C(COc1ccc(Cl)cc1)Nc1nnc(SCc2nc3ccccc3[nH]c2=O)s1. The van der Waals surface area contributed by atoms with E-state index in [0.29, 0.717) is 37.2 Å². The largest absolute Gasteiger partial charge is 0.484 e. The van der Waals surface area contributed by atoms with Crippen LogP contribution in [0.25, 0.3) is 11.0 Å². The summed E-state index contributed by atoms with van der Waals surface area (Å²) in [5, 5.41) is 11.5. The van der Waals surface area contributed by atoms with E-state index >= 15 is 0 Å². The van der Waals surface area contributed by atoms with Gasteiger partial charge in [-0.05, 0) is 36.4 Å². The fourth-order valence-corrected chi connectivity index (χ4v) is 4.27. The Morgan fingerprint density at radius 1 is 1.17 bits per heavy atom. The third kappa shape index (κ3) is 5.15. The number of hydrogen-bond acceptors (Lipinski definition) is 8. The van der Waals surface area contributed by atoms with Gasteiger partial charge in [-0.25, -0.2) is 4.98 Å². The van der Waals surface area contributed by atoms with E-state index in [1.807, 2.05) is 18.2 Å². The molecule has 0 aliphatic rings. The Kier molecular flexibility index (Phi) is 6.26. The number of hydrogen-bond donors (Lipinski definition) is 2. The maximum absolute atomic E-state index is 12.2. The Balaban J connectivity index is 1.32. The minimum atomic E-state index is -0.356. The Morgan fingerprint density at radius 2 is 1.97 bits per heavy atom. The number of aromatic nitrogens is 4. The van der Waals surface area contributed by atoms with Crippen LogP contribution < -0.4 is 15.6 Å². The number of nitrogens with zero attached hydrogens (tertiary/aromatic N) is 3. The van der Waals surface area contributed by atoms with Gasteiger partial charge in [-0.15, -0.1) is 10.2 Å². The number of nitrogens with one attached hydrogen (secondary N) is 2. The zero-order chi connectivity index (χ0) is 20.9. The number of fused-ring (bicyclic) bond motifs is 1. The molecule has 152 valence electrons. The standard InChI is InChI=1S/C19H14ClN5O3S2/c20-11-5-7-12(8-6-11)28-9-16(26)23-18-24-25-19(30-18)29-10-15-17(27)22-14-4-2-1-3-13(14)21-15/h1-8H,9-10H2,(H,22,27)(H,23,24,26). The highest BCUT2D eigenvalue weighted by atomic mass is 35.5. The van der Waals surface area contributed by atoms with Crippen molar-refractivity contribution < 1.29 is 9.53 Å². The van der Waals surface area contributed by atoms with Gasteiger partial charge in [-0.1, -0.05) is 46.8 Å². The van der Waals surface area contributed by atoms with Crippen molar-refractivity contribution in [1.82, 2.24) is 20.2 Å². The molecule has 0 aliphatic carbocycles. The molecule has 2 aromatic heterocycles. The van der Waals surface area contributed by atoms with Crippen molar-refractivity contribution in [3.8, 4) is 5.75 Å². The summed E-state index contributed by atoms with van der Waals surface area (Å²) in [6.45, 7) is -0.167. The first-order chi connectivity index (χ1) is 14.6. The van der Waals surface area contributed by atoms with E-state index < -0.39 is 0 Å². The first-order valence-corrected chi connectivity index (χ1v) is 10.9. The van der Waals surface area contributed by atoms with Crippen LogP contribution in [0.5, 0.6) is 5.75 Å². The molecule has 0 radical (unpaired) electrons. The van der Waals surface area contributed by atoms with Crippen molar-refractivity contribution in [3.63, 3.8) is 0 Å². The Labute approximate surface area is 183 Å². The zero-order valence-corrected chi connectivity index (χ0v) is 17.7. The second kappa shape index (κ2) is 9.24. The van der Waals surface area contributed by atoms with Crippen LogP contribution in [0, 0.1) is 0 Å². The van der Waals surface area contributed by atoms with Crippen LogP contribution in [0.15, 0.2) is 57.7 Å². The summed E-state index contributed by atoms with van der Waals surface area (Å²) < 4.78 is 6.00. The molecule has 30 heavy (non-hydrogen) atoms. The van der Waals surface area contributed by atoms with Crippen LogP contribution in [0.3, 0.4) is 0 Å². The smallest absolute Gasteiger partial charge is 0.271 e. The van der Waals surface area contributed by atoms with E-state index in [0.717, 1.165) is 5.52 Å². The quantitative estimate of drug-likeness (QED) is 0.320. The number of benzene rings is 2. The topological polar surface area (TPSA) is 110 Å². The maximum atomic E-state index is 12.2. The second-order valence-corrected chi connectivity index (χ2v) is 8.62. The minimum Gasteiger partial charge on any atom is -0.484 e. The van der Waals surface area contributed by atoms with E-state index in [9.17, 15) is 9.59 Å². The number of rotatable bonds is 7. The van der Waals surface area contributed by atoms with Crippen LogP contribution in [0.1, 0.15) is 5.69 Å². The highest BCUT2D eigenvalue weighted by Gasteiger charge is 2.11. The van der Waals surface area contributed by atoms with Gasteiger partial charge in [-0.3, -0.25) is 14.9 Å². The molecule has 0 spiro atoms. The third-order valence-electron chi connectivity index (χ3n) is 3.84. The van der Waals surface area contributed by atoms with E-state index in [1.54, 1.807) is 30.3 Å². The molecule has 11 heteroatoms. The number of halogens is 1. The van der Waals surface area contributed by atoms with Crippen LogP contribution in [-0.4, -0.2) is 32.7 Å². The fraction of sp³-hybridized carbons (Fsp3) is 0.105. The number of thioether (sulfide) groups is 1. The number of H-pyrrole nitrogens is 1. The normalized spacial score (nSPS) is 10.8. The van der Waals surface area contributed by atoms with Crippen molar-refractivity contribution in [2.75, 3.05) is 11.9 Å². The van der Waals surface area contributed by atoms with E-state index in [1.165, 1.54) is 23.1 Å². The predicted molar refractivity (Wildman–Crippen MR) is 117 cm³/mol. The van der Waals surface area contributed by atoms with Gasteiger partial charge in [0.05, 0.1) is 11.0 Å². The zero-order valence-electron chi connectivity index (χ0n) is 15.3.